The highest BCUT2D eigenvalue weighted by Crippen LogP contribution is 2.31. The van der Waals surface area contributed by atoms with E-state index in [4.69, 9.17) is 11.6 Å². The summed E-state index contributed by atoms with van der Waals surface area (Å²) in [5.41, 5.74) is 4.59. The van der Waals surface area contributed by atoms with E-state index in [0.717, 1.165) is 38.4 Å². The van der Waals surface area contributed by atoms with E-state index >= 15 is 0 Å². The van der Waals surface area contributed by atoms with E-state index in [2.05, 4.69) is 67.8 Å². The van der Waals surface area contributed by atoms with Crippen molar-refractivity contribution in [1.82, 2.24) is 20.2 Å². The van der Waals surface area contributed by atoms with Gasteiger partial charge in [0.15, 0.2) is 5.82 Å². The van der Waals surface area contributed by atoms with Crippen molar-refractivity contribution in [2.45, 2.75) is 27.3 Å². The minimum atomic E-state index is -0.161. The van der Waals surface area contributed by atoms with Gasteiger partial charge in [0.05, 0.1) is 17.4 Å². The van der Waals surface area contributed by atoms with Crippen LogP contribution in [0.4, 0.5) is 28.8 Å². The number of carbonyl (C=O) groups excluding carboxylic acids is 1. The molecule has 35 heavy (non-hydrogen) atoms. The van der Waals surface area contributed by atoms with E-state index < -0.39 is 0 Å². The van der Waals surface area contributed by atoms with Crippen molar-refractivity contribution < 1.29 is 4.79 Å². The van der Waals surface area contributed by atoms with Gasteiger partial charge in [-0.05, 0) is 50.2 Å². The van der Waals surface area contributed by atoms with Gasteiger partial charge >= 0.3 is 0 Å². The largest absolute Gasteiger partial charge is 0.370 e. The van der Waals surface area contributed by atoms with Gasteiger partial charge in [-0.15, -0.1) is 0 Å². The summed E-state index contributed by atoms with van der Waals surface area (Å²) in [7, 11) is 0. The van der Waals surface area contributed by atoms with Crippen LogP contribution in [0.5, 0.6) is 0 Å². The Balaban J connectivity index is 1.58. The number of likely N-dealkylation sites (N-methyl/N-ethyl adjacent to an activating group) is 2. The molecule has 1 aliphatic rings. The lowest BCUT2D eigenvalue weighted by atomic mass is 10.1. The van der Waals surface area contributed by atoms with Crippen LogP contribution in [-0.4, -0.2) is 53.5 Å². The van der Waals surface area contributed by atoms with Crippen LogP contribution in [0.1, 0.15) is 36.7 Å². The maximum absolute atomic E-state index is 12.4. The third kappa shape index (κ3) is 5.83. The van der Waals surface area contributed by atoms with E-state index in [1.54, 1.807) is 12.3 Å². The fourth-order valence-corrected chi connectivity index (χ4v) is 4.33. The number of anilines is 5. The van der Waals surface area contributed by atoms with Crippen LogP contribution in [0.15, 0.2) is 48.7 Å². The minimum Gasteiger partial charge on any atom is -0.370 e. The number of carbonyl (C=O) groups is 1. The summed E-state index contributed by atoms with van der Waals surface area (Å²) in [5.74, 6) is 0.676. The number of hydrogen-bond donors (Lipinski definition) is 3. The molecule has 4 rings (SSSR count). The van der Waals surface area contributed by atoms with Gasteiger partial charge in [-0.3, -0.25) is 9.69 Å². The Kier molecular flexibility index (Phi) is 8.05. The number of halogens is 1. The zero-order valence-electron chi connectivity index (χ0n) is 20.4. The van der Waals surface area contributed by atoms with Crippen molar-refractivity contribution in [3.8, 4) is 0 Å². The molecule has 0 spiro atoms. The smallest absolute Gasteiger partial charge is 0.253 e. The number of benzene rings is 2. The third-order valence-corrected chi connectivity index (χ3v) is 6.37. The molecule has 3 aromatic rings. The predicted octanol–water partition coefficient (Wildman–Crippen LogP) is 5.03. The van der Waals surface area contributed by atoms with Gasteiger partial charge in [-0.1, -0.05) is 36.7 Å². The second kappa shape index (κ2) is 11.4. The minimum absolute atomic E-state index is 0.161. The van der Waals surface area contributed by atoms with Crippen molar-refractivity contribution in [3.05, 3.63) is 64.8 Å². The summed E-state index contributed by atoms with van der Waals surface area (Å²) in [6, 6.07) is 13.6. The average molecular weight is 494 g/mol. The van der Waals surface area contributed by atoms with Gasteiger partial charge in [0, 0.05) is 44.1 Å². The number of para-hydroxylation sites is 1. The molecule has 3 N–H and O–H groups in total. The second-order valence-corrected chi connectivity index (χ2v) is 8.74. The quantitative estimate of drug-likeness (QED) is 0.406. The number of amides is 1. The summed E-state index contributed by atoms with van der Waals surface area (Å²) in [6.45, 7) is 11.8. The van der Waals surface area contributed by atoms with Gasteiger partial charge in [0.1, 0.15) is 5.02 Å². The molecule has 0 unspecified atom stereocenters. The molecule has 2 heterocycles. The van der Waals surface area contributed by atoms with Gasteiger partial charge in [-0.2, -0.15) is 4.98 Å². The zero-order valence-corrected chi connectivity index (χ0v) is 21.2. The highest BCUT2D eigenvalue weighted by atomic mass is 35.5. The molecule has 8 nitrogen and oxygen atoms in total. The summed E-state index contributed by atoms with van der Waals surface area (Å²) >= 11 is 6.39. The Morgan fingerprint density at radius 3 is 2.66 bits per heavy atom. The third-order valence-electron chi connectivity index (χ3n) is 6.10. The molecule has 0 fully saturated rings. The second-order valence-electron chi connectivity index (χ2n) is 8.34. The van der Waals surface area contributed by atoms with E-state index in [0.29, 0.717) is 34.6 Å². The van der Waals surface area contributed by atoms with Crippen molar-refractivity contribution in [1.29, 1.82) is 0 Å². The Hall–Kier alpha value is -3.36. The SMILES string of the molecule is CCNC(=O)c1ccccc1Nc1nc(Nc2ccc3c(c2)N(CC)CCN(CC)C3)ncc1Cl. The molecule has 9 heteroatoms. The Morgan fingerprint density at radius 1 is 1.06 bits per heavy atom. The van der Waals surface area contributed by atoms with Gasteiger partial charge in [0.2, 0.25) is 5.95 Å². The topological polar surface area (TPSA) is 85.4 Å². The van der Waals surface area contributed by atoms with Crippen LogP contribution in [0, 0.1) is 0 Å². The molecular formula is C26H32ClN7O. The van der Waals surface area contributed by atoms with Crippen LogP contribution in [-0.2, 0) is 6.54 Å². The first-order valence-electron chi connectivity index (χ1n) is 12.1. The first-order valence-corrected chi connectivity index (χ1v) is 12.4. The lowest BCUT2D eigenvalue weighted by Gasteiger charge is -2.23. The molecule has 0 radical (unpaired) electrons. The predicted molar refractivity (Wildman–Crippen MR) is 143 cm³/mol. The monoisotopic (exact) mass is 493 g/mol. The summed E-state index contributed by atoms with van der Waals surface area (Å²) in [6.07, 6.45) is 1.55. The fraction of sp³-hybridized carbons (Fsp3) is 0.346. The summed E-state index contributed by atoms with van der Waals surface area (Å²) in [4.78, 5) is 26.3. The Morgan fingerprint density at radius 2 is 1.89 bits per heavy atom. The van der Waals surface area contributed by atoms with E-state index in [-0.39, 0.29) is 5.91 Å². The summed E-state index contributed by atoms with van der Waals surface area (Å²) in [5, 5.41) is 9.70. The zero-order chi connectivity index (χ0) is 24.8. The van der Waals surface area contributed by atoms with Crippen molar-refractivity contribution in [2.24, 2.45) is 0 Å². The first kappa shape index (κ1) is 24.8. The molecule has 0 saturated carbocycles. The highest BCUT2D eigenvalue weighted by Gasteiger charge is 2.19. The number of nitrogens with one attached hydrogen (secondary N) is 3. The van der Waals surface area contributed by atoms with Crippen LogP contribution in [0.3, 0.4) is 0 Å². The number of hydrogen-bond acceptors (Lipinski definition) is 7. The Labute approximate surface area is 211 Å². The highest BCUT2D eigenvalue weighted by molar-refractivity contribution is 6.33. The van der Waals surface area contributed by atoms with E-state index in [1.165, 1.54) is 11.3 Å². The summed E-state index contributed by atoms with van der Waals surface area (Å²) < 4.78 is 0. The lowest BCUT2D eigenvalue weighted by Crippen LogP contribution is -2.31. The normalized spacial score (nSPS) is 13.7. The molecule has 0 bridgehead atoms. The van der Waals surface area contributed by atoms with Gasteiger partial charge in [-0.25, -0.2) is 4.98 Å². The van der Waals surface area contributed by atoms with E-state index in [1.807, 2.05) is 25.1 Å². The maximum Gasteiger partial charge on any atom is 0.253 e. The van der Waals surface area contributed by atoms with Crippen LogP contribution < -0.4 is 20.9 Å². The van der Waals surface area contributed by atoms with Crippen LogP contribution in [0.25, 0.3) is 0 Å². The molecule has 1 aliphatic heterocycles. The average Bonchev–Trinajstić information content (AvgIpc) is 3.05. The van der Waals surface area contributed by atoms with Crippen LogP contribution >= 0.6 is 11.6 Å². The van der Waals surface area contributed by atoms with Crippen LogP contribution in [0.2, 0.25) is 5.02 Å². The molecule has 0 atom stereocenters. The maximum atomic E-state index is 12.4. The molecule has 0 aliphatic carbocycles. The number of aromatic nitrogens is 2. The molecular weight excluding hydrogens is 462 g/mol. The first-order chi connectivity index (χ1) is 17.0. The van der Waals surface area contributed by atoms with Crippen molar-refractivity contribution in [2.75, 3.05) is 48.3 Å². The molecule has 1 aromatic heterocycles. The molecule has 1 amide bonds. The lowest BCUT2D eigenvalue weighted by molar-refractivity contribution is 0.0956. The van der Waals surface area contributed by atoms with Crippen molar-refractivity contribution >= 4 is 46.3 Å². The molecule has 2 aromatic carbocycles. The molecule has 184 valence electrons. The standard InChI is InChI=1S/C26H32ClN7O/c1-4-28-25(35)20-9-7-8-10-22(20)31-24-21(27)16-29-26(32-24)30-19-12-11-18-17-33(5-2)13-14-34(6-3)23(18)15-19/h7-12,15-16H,4-6,13-14,17H2,1-3H3,(H,28,35)(H2,29,30,31,32). The number of rotatable bonds is 8. The number of nitrogens with zero attached hydrogens (tertiary/aromatic N) is 4. The Bertz CT molecular complexity index is 1190. The van der Waals surface area contributed by atoms with E-state index in [9.17, 15) is 4.79 Å². The number of fused-ring (bicyclic) bond motifs is 1. The van der Waals surface area contributed by atoms with Gasteiger partial charge < -0.3 is 20.9 Å². The molecule has 0 saturated heterocycles. The fourth-order valence-electron chi connectivity index (χ4n) is 4.19. The van der Waals surface area contributed by atoms with Gasteiger partial charge in [0.25, 0.3) is 5.91 Å². The van der Waals surface area contributed by atoms with Crippen molar-refractivity contribution in [3.63, 3.8) is 0 Å².